The predicted molar refractivity (Wildman–Crippen MR) is 104 cm³/mol. The predicted octanol–water partition coefficient (Wildman–Crippen LogP) is 4.24. The molecule has 0 heterocycles. The summed E-state index contributed by atoms with van der Waals surface area (Å²) in [4.78, 5) is 13.7. The molecule has 0 aliphatic rings. The quantitative estimate of drug-likeness (QED) is 0.697. The van der Waals surface area contributed by atoms with Gasteiger partial charge in [0, 0.05) is 13.1 Å². The Kier molecular flexibility index (Phi) is 6.77. The average molecular weight is 447 g/mol. The number of nitrogens with zero attached hydrogens (tertiary/aromatic N) is 1. The second kappa shape index (κ2) is 8.56. The van der Waals surface area contributed by atoms with E-state index in [9.17, 15) is 26.4 Å². The van der Waals surface area contributed by atoms with Gasteiger partial charge in [0.1, 0.15) is 0 Å². The first-order valence-electron chi connectivity index (χ1n) is 8.25. The summed E-state index contributed by atoms with van der Waals surface area (Å²) >= 11 is 5.58. The van der Waals surface area contributed by atoms with Gasteiger partial charge in [-0.15, -0.1) is 0 Å². The summed E-state index contributed by atoms with van der Waals surface area (Å²) in [5, 5.41) is 4.63. The molecule has 156 valence electrons. The molecule has 0 aromatic heterocycles. The van der Waals surface area contributed by atoms with E-state index in [4.69, 9.17) is 16.7 Å². The van der Waals surface area contributed by atoms with Crippen molar-refractivity contribution in [2.75, 3.05) is 7.05 Å². The number of carbonyl (C=O) groups excluding carboxylic acids is 1. The number of sulfonamides is 1. The molecule has 0 bridgehead atoms. The van der Waals surface area contributed by atoms with Crippen molar-refractivity contribution in [1.29, 1.82) is 0 Å². The zero-order valence-electron chi connectivity index (χ0n) is 15.4. The van der Waals surface area contributed by atoms with E-state index < -0.39 is 38.7 Å². The Morgan fingerprint density at radius 1 is 1.17 bits per heavy atom. The summed E-state index contributed by atoms with van der Waals surface area (Å²) in [6, 6.07) is 8.67. The van der Waals surface area contributed by atoms with Crippen molar-refractivity contribution < 1.29 is 26.4 Å². The minimum absolute atomic E-state index is 0.0504. The van der Waals surface area contributed by atoms with Crippen LogP contribution in [0.2, 0.25) is 5.02 Å². The lowest BCUT2D eigenvalue weighted by Crippen LogP contribution is -2.28. The summed E-state index contributed by atoms with van der Waals surface area (Å²) in [5.41, 5.74) is -0.147. The van der Waals surface area contributed by atoms with Gasteiger partial charge in [0.15, 0.2) is 0 Å². The number of likely N-dealkylation sites (N-methyl/N-ethyl adjacent to an activating group) is 1. The van der Waals surface area contributed by atoms with Gasteiger partial charge in [0.05, 0.1) is 21.5 Å². The lowest BCUT2D eigenvalue weighted by atomic mass is 10.1. The Hall–Kier alpha value is -2.36. The van der Waals surface area contributed by atoms with Crippen molar-refractivity contribution in [3.8, 4) is 0 Å². The average Bonchev–Trinajstić information content (AvgIpc) is 2.64. The number of hydrogen-bond donors (Lipinski definition) is 1. The molecule has 0 aliphatic carbocycles. The van der Waals surface area contributed by atoms with Crippen molar-refractivity contribution in [1.82, 2.24) is 4.90 Å². The molecular formula is C19H18ClF3N2O3S. The van der Waals surface area contributed by atoms with Gasteiger partial charge >= 0.3 is 6.18 Å². The molecule has 2 aromatic rings. The maximum absolute atomic E-state index is 12.9. The maximum Gasteiger partial charge on any atom is 0.417 e. The van der Waals surface area contributed by atoms with Gasteiger partial charge in [-0.1, -0.05) is 29.8 Å². The van der Waals surface area contributed by atoms with Gasteiger partial charge in [-0.25, -0.2) is 13.6 Å². The summed E-state index contributed by atoms with van der Waals surface area (Å²) in [6.45, 7) is 1.72. The Morgan fingerprint density at radius 2 is 1.76 bits per heavy atom. The molecular weight excluding hydrogens is 429 g/mol. The molecule has 0 radical (unpaired) electrons. The van der Waals surface area contributed by atoms with Gasteiger partial charge in [-0.05, 0) is 48.4 Å². The largest absolute Gasteiger partial charge is 0.417 e. The topological polar surface area (TPSA) is 80.5 Å². The highest BCUT2D eigenvalue weighted by Crippen LogP contribution is 2.35. The fourth-order valence-corrected chi connectivity index (χ4v) is 3.24. The van der Waals surface area contributed by atoms with E-state index in [1.807, 2.05) is 0 Å². The fraction of sp³-hybridized carbons (Fsp3) is 0.211. The number of primary sulfonamides is 1. The zero-order valence-corrected chi connectivity index (χ0v) is 17.0. The molecule has 0 saturated heterocycles. The molecule has 10 heteroatoms. The molecule has 2 N–H and O–H groups in total. The first kappa shape index (κ1) is 22.9. The van der Waals surface area contributed by atoms with Crippen molar-refractivity contribution in [2.24, 2.45) is 5.14 Å². The number of benzene rings is 2. The van der Waals surface area contributed by atoms with Crippen LogP contribution in [-0.4, -0.2) is 26.3 Å². The van der Waals surface area contributed by atoms with Crippen LogP contribution >= 0.6 is 11.6 Å². The summed E-state index contributed by atoms with van der Waals surface area (Å²) in [6.07, 6.45) is -2.18. The van der Waals surface area contributed by atoms with Crippen LogP contribution in [0.15, 0.2) is 53.4 Å². The molecule has 0 aliphatic heterocycles. The normalized spacial score (nSPS) is 13.5. The Bertz CT molecular complexity index is 1040. The first-order valence-corrected chi connectivity index (χ1v) is 10.2. The Labute approximate surface area is 171 Å². The molecule has 0 spiro atoms. The first-order chi connectivity index (χ1) is 13.3. The highest BCUT2D eigenvalue weighted by Gasteiger charge is 2.33. The number of halogens is 4. The van der Waals surface area contributed by atoms with Gasteiger partial charge < -0.3 is 4.90 Å². The Balaban J connectivity index is 2.16. The Morgan fingerprint density at radius 3 is 2.28 bits per heavy atom. The molecule has 1 amide bonds. The van der Waals surface area contributed by atoms with Crippen molar-refractivity contribution in [3.05, 3.63) is 70.3 Å². The van der Waals surface area contributed by atoms with Gasteiger partial charge in [0.2, 0.25) is 15.9 Å². The van der Waals surface area contributed by atoms with Crippen LogP contribution in [0.1, 0.15) is 29.7 Å². The summed E-state index contributed by atoms with van der Waals surface area (Å²) in [7, 11) is -2.30. The van der Waals surface area contributed by atoms with Crippen LogP contribution in [0.3, 0.4) is 0 Å². The molecule has 29 heavy (non-hydrogen) atoms. The van der Waals surface area contributed by atoms with E-state index in [1.165, 1.54) is 48.4 Å². The highest BCUT2D eigenvalue weighted by molar-refractivity contribution is 7.89. The van der Waals surface area contributed by atoms with Crippen molar-refractivity contribution in [2.45, 2.75) is 24.0 Å². The van der Waals surface area contributed by atoms with Crippen LogP contribution in [0.25, 0.3) is 6.08 Å². The standard InChI is InChI=1S/C19H18ClF3N2O3S/c1-12(14-5-7-15(8-6-14)29(24,27)28)25(2)18(26)10-4-13-3-9-17(20)16(11-13)19(21,22)23/h3-12H,1-2H3,(H2,24,27,28)/b10-4+. The monoisotopic (exact) mass is 446 g/mol. The van der Waals surface area contributed by atoms with E-state index in [0.717, 1.165) is 18.2 Å². The second-order valence-corrected chi connectivity index (χ2v) is 8.28. The van der Waals surface area contributed by atoms with Crippen LogP contribution in [0.4, 0.5) is 13.2 Å². The minimum Gasteiger partial charge on any atom is -0.335 e. The molecule has 1 atom stereocenters. The molecule has 2 rings (SSSR count). The molecule has 0 fully saturated rings. The van der Waals surface area contributed by atoms with Crippen LogP contribution in [0.5, 0.6) is 0 Å². The number of rotatable bonds is 5. The lowest BCUT2D eigenvalue weighted by Gasteiger charge is -2.24. The third kappa shape index (κ3) is 5.81. The second-order valence-electron chi connectivity index (χ2n) is 6.31. The third-order valence-electron chi connectivity index (χ3n) is 4.33. The number of nitrogens with two attached hydrogens (primary N) is 1. The SMILES string of the molecule is CC(c1ccc(S(N)(=O)=O)cc1)N(C)C(=O)/C=C/c1ccc(Cl)c(C(F)(F)F)c1. The molecule has 1 unspecified atom stereocenters. The van der Waals surface area contributed by atoms with E-state index in [1.54, 1.807) is 6.92 Å². The summed E-state index contributed by atoms with van der Waals surface area (Å²) < 4.78 is 61.4. The molecule has 5 nitrogen and oxygen atoms in total. The van der Waals surface area contributed by atoms with Crippen LogP contribution < -0.4 is 5.14 Å². The van der Waals surface area contributed by atoms with E-state index >= 15 is 0 Å². The van der Waals surface area contributed by atoms with Crippen molar-refractivity contribution in [3.63, 3.8) is 0 Å². The minimum atomic E-state index is -4.60. The lowest BCUT2D eigenvalue weighted by molar-refractivity contribution is -0.137. The highest BCUT2D eigenvalue weighted by atomic mass is 35.5. The number of hydrogen-bond acceptors (Lipinski definition) is 3. The number of amides is 1. The third-order valence-corrected chi connectivity index (χ3v) is 5.59. The number of carbonyl (C=O) groups is 1. The van der Waals surface area contributed by atoms with Gasteiger partial charge in [-0.3, -0.25) is 4.79 Å². The van der Waals surface area contributed by atoms with Gasteiger partial charge in [-0.2, -0.15) is 13.2 Å². The maximum atomic E-state index is 12.9. The van der Waals surface area contributed by atoms with Gasteiger partial charge in [0.25, 0.3) is 0 Å². The summed E-state index contributed by atoms with van der Waals surface area (Å²) in [5.74, 6) is -0.448. The number of alkyl halides is 3. The molecule has 0 saturated carbocycles. The van der Waals surface area contributed by atoms with E-state index in [-0.39, 0.29) is 10.5 Å². The van der Waals surface area contributed by atoms with E-state index in [0.29, 0.717) is 5.56 Å². The molecule has 2 aromatic carbocycles. The van der Waals surface area contributed by atoms with E-state index in [2.05, 4.69) is 0 Å². The van der Waals surface area contributed by atoms with Crippen LogP contribution in [0, 0.1) is 0 Å². The smallest absolute Gasteiger partial charge is 0.335 e. The zero-order chi connectivity index (χ0) is 22.0. The van der Waals surface area contributed by atoms with Crippen LogP contribution in [-0.2, 0) is 21.0 Å². The van der Waals surface area contributed by atoms with Crippen molar-refractivity contribution >= 4 is 33.6 Å². The fourth-order valence-electron chi connectivity index (χ4n) is 2.50.